The van der Waals surface area contributed by atoms with Gasteiger partial charge in [0.05, 0.1) is 4.90 Å². The van der Waals surface area contributed by atoms with Gasteiger partial charge in [0.15, 0.2) is 11.5 Å². The first-order valence-electron chi connectivity index (χ1n) is 7.86. The largest absolute Gasteiger partial charge is 0.454 e. The quantitative estimate of drug-likeness (QED) is 0.757. The molecule has 0 atom stereocenters. The molecule has 1 aliphatic rings. The number of nitrogens with one attached hydrogen (secondary N) is 2. The number of fused-ring (bicyclic) bond motifs is 1. The Morgan fingerprint density at radius 1 is 1.04 bits per heavy atom. The fraction of sp³-hybridized carbons (Fsp3) is 0.111. The Hall–Kier alpha value is -3.33. The molecule has 0 saturated carbocycles. The summed E-state index contributed by atoms with van der Waals surface area (Å²) < 4.78 is 36.1. The van der Waals surface area contributed by atoms with E-state index in [1.54, 1.807) is 24.3 Å². The summed E-state index contributed by atoms with van der Waals surface area (Å²) in [6.07, 6.45) is 2.96. The second kappa shape index (κ2) is 7.50. The van der Waals surface area contributed by atoms with Crippen molar-refractivity contribution in [3.05, 3.63) is 54.1 Å². The molecule has 0 unspecified atom stereocenters. The van der Waals surface area contributed by atoms with Crippen LogP contribution in [0.25, 0.3) is 6.08 Å². The van der Waals surface area contributed by atoms with Crippen LogP contribution in [0.15, 0.2) is 53.4 Å². The van der Waals surface area contributed by atoms with E-state index in [4.69, 9.17) is 9.47 Å². The molecule has 0 saturated heterocycles. The van der Waals surface area contributed by atoms with Crippen LogP contribution in [0.5, 0.6) is 11.5 Å². The third-order valence-corrected chi connectivity index (χ3v) is 4.98. The minimum atomic E-state index is -3.90. The van der Waals surface area contributed by atoms with Gasteiger partial charge in [0.1, 0.15) is 0 Å². The van der Waals surface area contributed by atoms with Gasteiger partial charge >= 0.3 is 0 Å². The molecule has 1 aliphatic heterocycles. The average Bonchev–Trinajstić information content (AvgIpc) is 3.07. The number of hydrogen-bond acceptors (Lipinski definition) is 6. The van der Waals surface area contributed by atoms with E-state index < -0.39 is 15.9 Å². The summed E-state index contributed by atoms with van der Waals surface area (Å²) in [4.78, 5) is 22.9. The predicted octanol–water partition coefficient (Wildman–Crippen LogP) is 1.89. The van der Waals surface area contributed by atoms with Gasteiger partial charge in [0.25, 0.3) is 10.0 Å². The second-order valence-corrected chi connectivity index (χ2v) is 7.30. The van der Waals surface area contributed by atoms with Crippen LogP contribution in [0.3, 0.4) is 0 Å². The van der Waals surface area contributed by atoms with E-state index in [2.05, 4.69) is 5.32 Å². The van der Waals surface area contributed by atoms with Crippen LogP contribution in [-0.2, 0) is 19.6 Å². The van der Waals surface area contributed by atoms with Gasteiger partial charge in [0, 0.05) is 18.7 Å². The van der Waals surface area contributed by atoms with Crippen LogP contribution in [-0.4, -0.2) is 27.0 Å². The number of ether oxygens (including phenoxy) is 2. The number of benzene rings is 2. The molecule has 0 bridgehead atoms. The molecule has 2 N–H and O–H groups in total. The molecule has 27 heavy (non-hydrogen) atoms. The summed E-state index contributed by atoms with van der Waals surface area (Å²) in [5.41, 5.74) is 1.18. The fourth-order valence-corrected chi connectivity index (χ4v) is 3.33. The summed E-state index contributed by atoms with van der Waals surface area (Å²) >= 11 is 0. The number of amides is 2. The Balaban J connectivity index is 1.63. The molecule has 9 heteroatoms. The number of anilines is 1. The molecule has 1 heterocycles. The molecule has 2 aromatic carbocycles. The van der Waals surface area contributed by atoms with Crippen LogP contribution in [0.4, 0.5) is 5.69 Å². The molecule has 8 nitrogen and oxygen atoms in total. The second-order valence-electron chi connectivity index (χ2n) is 5.62. The minimum absolute atomic E-state index is 0.0772. The topological polar surface area (TPSA) is 111 Å². The van der Waals surface area contributed by atoms with Crippen LogP contribution in [0, 0.1) is 0 Å². The number of carbonyl (C=O) groups is 2. The summed E-state index contributed by atoms with van der Waals surface area (Å²) in [6.45, 7) is 1.29. The lowest BCUT2D eigenvalue weighted by Crippen LogP contribution is -2.28. The van der Waals surface area contributed by atoms with E-state index in [1.165, 1.54) is 30.3 Å². The lowest BCUT2D eigenvalue weighted by atomic mass is 10.2. The van der Waals surface area contributed by atoms with Crippen molar-refractivity contribution in [2.75, 3.05) is 12.1 Å². The molecular formula is C18H16N2O6S. The Kier molecular flexibility index (Phi) is 5.13. The summed E-state index contributed by atoms with van der Waals surface area (Å²) in [5.74, 6) is 0.214. The zero-order valence-electron chi connectivity index (χ0n) is 14.3. The molecule has 0 spiro atoms. The summed E-state index contributed by atoms with van der Waals surface area (Å²) in [7, 11) is -3.90. The molecule has 2 aromatic rings. The van der Waals surface area contributed by atoms with E-state index in [1.807, 2.05) is 4.72 Å². The van der Waals surface area contributed by atoms with Crippen LogP contribution in [0.1, 0.15) is 12.5 Å². The maximum Gasteiger partial charge on any atom is 0.264 e. The van der Waals surface area contributed by atoms with Gasteiger partial charge in [-0.05, 0) is 48.0 Å². The minimum Gasteiger partial charge on any atom is -0.454 e. The third-order valence-electron chi connectivity index (χ3n) is 3.53. The van der Waals surface area contributed by atoms with Gasteiger partial charge < -0.3 is 14.8 Å². The van der Waals surface area contributed by atoms with Crippen molar-refractivity contribution in [1.29, 1.82) is 0 Å². The van der Waals surface area contributed by atoms with Gasteiger partial charge in [-0.15, -0.1) is 0 Å². The molecule has 3 rings (SSSR count). The Labute approximate surface area is 155 Å². The first-order chi connectivity index (χ1) is 12.8. The number of rotatable bonds is 5. The molecular weight excluding hydrogens is 372 g/mol. The third kappa shape index (κ3) is 4.64. The van der Waals surface area contributed by atoms with Crippen LogP contribution < -0.4 is 19.5 Å². The van der Waals surface area contributed by atoms with Gasteiger partial charge in [-0.2, -0.15) is 0 Å². The van der Waals surface area contributed by atoms with E-state index >= 15 is 0 Å². The highest BCUT2D eigenvalue weighted by Crippen LogP contribution is 2.32. The maximum absolute atomic E-state index is 12.0. The number of hydrogen-bond donors (Lipinski definition) is 2. The van der Waals surface area contributed by atoms with E-state index in [0.29, 0.717) is 17.2 Å². The number of carbonyl (C=O) groups excluding carboxylic acids is 2. The first kappa shape index (κ1) is 18.5. The predicted molar refractivity (Wildman–Crippen MR) is 97.7 cm³/mol. The lowest BCUT2D eigenvalue weighted by molar-refractivity contribution is -0.117. The van der Waals surface area contributed by atoms with Crippen molar-refractivity contribution in [3.63, 3.8) is 0 Å². The summed E-state index contributed by atoms with van der Waals surface area (Å²) in [6, 6.07) is 10.8. The lowest BCUT2D eigenvalue weighted by Gasteiger charge is -2.06. The molecule has 0 fully saturated rings. The smallest absolute Gasteiger partial charge is 0.264 e. The Bertz CT molecular complexity index is 1010. The van der Waals surface area contributed by atoms with Gasteiger partial charge in [0.2, 0.25) is 18.6 Å². The van der Waals surface area contributed by atoms with E-state index in [9.17, 15) is 18.0 Å². The van der Waals surface area contributed by atoms with E-state index in [-0.39, 0.29) is 17.6 Å². The van der Waals surface area contributed by atoms with E-state index in [0.717, 1.165) is 12.5 Å². The van der Waals surface area contributed by atoms with Crippen molar-refractivity contribution >= 4 is 33.6 Å². The van der Waals surface area contributed by atoms with Crippen molar-refractivity contribution in [1.82, 2.24) is 4.72 Å². The fourth-order valence-electron chi connectivity index (χ4n) is 2.34. The van der Waals surface area contributed by atoms with Crippen molar-refractivity contribution in [2.45, 2.75) is 11.8 Å². The Morgan fingerprint density at radius 2 is 1.74 bits per heavy atom. The van der Waals surface area contributed by atoms with Crippen LogP contribution in [0.2, 0.25) is 0 Å². The molecule has 140 valence electrons. The average molecular weight is 388 g/mol. The normalized spacial score (nSPS) is 12.8. The SMILES string of the molecule is CC(=O)NS(=O)(=O)c1ccc(NC(=O)/C=C/c2ccc3c(c2)OCO3)cc1. The van der Waals surface area contributed by atoms with Gasteiger partial charge in [-0.1, -0.05) is 6.07 Å². The van der Waals surface area contributed by atoms with Crippen molar-refractivity contribution in [3.8, 4) is 11.5 Å². The molecule has 0 radical (unpaired) electrons. The van der Waals surface area contributed by atoms with Crippen molar-refractivity contribution in [2.24, 2.45) is 0 Å². The zero-order valence-corrected chi connectivity index (χ0v) is 15.1. The molecule has 0 aliphatic carbocycles. The first-order valence-corrected chi connectivity index (χ1v) is 9.34. The monoisotopic (exact) mass is 388 g/mol. The highest BCUT2D eigenvalue weighted by atomic mass is 32.2. The van der Waals surface area contributed by atoms with Crippen molar-refractivity contribution < 1.29 is 27.5 Å². The van der Waals surface area contributed by atoms with Gasteiger partial charge in [-0.25, -0.2) is 13.1 Å². The highest BCUT2D eigenvalue weighted by Gasteiger charge is 2.15. The molecule has 2 amide bonds. The maximum atomic E-state index is 12.0. The zero-order chi connectivity index (χ0) is 19.4. The standard InChI is InChI=1S/C18H16N2O6S/c1-12(21)20-27(23,24)15-6-4-14(5-7-15)19-18(22)9-3-13-2-8-16-17(10-13)26-11-25-16/h2-10H,11H2,1H3,(H,19,22)(H,20,21)/b9-3+. The van der Waals surface area contributed by atoms with Crippen LogP contribution >= 0.6 is 0 Å². The molecule has 0 aromatic heterocycles. The number of sulfonamides is 1. The van der Waals surface area contributed by atoms with Gasteiger partial charge in [-0.3, -0.25) is 9.59 Å². The summed E-state index contributed by atoms with van der Waals surface area (Å²) in [5, 5.41) is 2.62. The Morgan fingerprint density at radius 3 is 2.44 bits per heavy atom. The highest BCUT2D eigenvalue weighted by molar-refractivity contribution is 7.90.